The van der Waals surface area contributed by atoms with Crippen LogP contribution in [0.2, 0.25) is 0 Å². The van der Waals surface area contributed by atoms with Gasteiger partial charge in [0.2, 0.25) is 0 Å². The normalized spacial score (nSPS) is 23.8. The predicted molar refractivity (Wildman–Crippen MR) is 117 cm³/mol. The minimum Gasteiger partial charge on any atom is -0.459 e. The van der Waals surface area contributed by atoms with E-state index in [1.54, 1.807) is 0 Å². The number of amidine groups is 1. The fourth-order valence-corrected chi connectivity index (χ4v) is 5.68. The van der Waals surface area contributed by atoms with Crippen LogP contribution in [-0.2, 0) is 0 Å². The summed E-state index contributed by atoms with van der Waals surface area (Å²) in [5, 5.41) is 1.63. The number of furan rings is 1. The fraction of sp³-hybridized carbons (Fsp3) is 0.273. The second kappa shape index (κ2) is 7.08. The van der Waals surface area contributed by atoms with E-state index in [0.717, 1.165) is 39.0 Å². The first-order valence-electron chi connectivity index (χ1n) is 9.38. The van der Waals surface area contributed by atoms with Gasteiger partial charge in [-0.3, -0.25) is 4.98 Å². The van der Waals surface area contributed by atoms with Crippen molar-refractivity contribution in [3.05, 3.63) is 76.2 Å². The molecular weight excluding hydrogens is 434 g/mol. The first-order valence-corrected chi connectivity index (χ1v) is 11.1. The maximum atomic E-state index is 6.39. The summed E-state index contributed by atoms with van der Waals surface area (Å²) in [6.07, 6.45) is 1.84. The number of pyridine rings is 1. The van der Waals surface area contributed by atoms with Crippen LogP contribution < -0.4 is 0 Å². The SMILES string of the molecule is Cc1ccc(-c2ccc([C@@H]3[C@H](c4ccccn4)N=C4S[C@H](C)CN43)o2)c(Br)c1. The molecule has 3 atom stereocenters. The van der Waals surface area contributed by atoms with Gasteiger partial charge in [-0.15, -0.1) is 0 Å². The highest BCUT2D eigenvalue weighted by molar-refractivity contribution is 9.10. The average Bonchev–Trinajstić information content (AvgIpc) is 3.36. The second-order valence-corrected chi connectivity index (χ2v) is 9.58. The highest BCUT2D eigenvalue weighted by Gasteiger charge is 2.45. The van der Waals surface area contributed by atoms with Crippen molar-refractivity contribution in [3.8, 4) is 11.3 Å². The Morgan fingerprint density at radius 3 is 2.86 bits per heavy atom. The van der Waals surface area contributed by atoms with Crippen LogP contribution in [0.5, 0.6) is 0 Å². The third-order valence-corrected chi connectivity index (χ3v) is 6.95. The lowest BCUT2D eigenvalue weighted by molar-refractivity contribution is 0.277. The third-order valence-electron chi connectivity index (χ3n) is 5.19. The lowest BCUT2D eigenvalue weighted by atomic mass is 10.0. The number of hydrogen-bond acceptors (Lipinski definition) is 5. The van der Waals surface area contributed by atoms with Crippen molar-refractivity contribution in [2.24, 2.45) is 4.99 Å². The number of aromatic nitrogens is 1. The van der Waals surface area contributed by atoms with Crippen LogP contribution in [0.3, 0.4) is 0 Å². The van der Waals surface area contributed by atoms with E-state index in [9.17, 15) is 0 Å². The molecule has 0 bridgehead atoms. The minimum atomic E-state index is -0.0448. The van der Waals surface area contributed by atoms with E-state index in [2.05, 4.69) is 76.1 Å². The van der Waals surface area contributed by atoms with Crippen LogP contribution in [-0.4, -0.2) is 26.8 Å². The van der Waals surface area contributed by atoms with E-state index < -0.39 is 0 Å². The molecule has 1 fully saturated rings. The zero-order valence-corrected chi connectivity index (χ0v) is 18.1. The Kier molecular flexibility index (Phi) is 4.56. The molecule has 5 rings (SSSR count). The maximum absolute atomic E-state index is 6.39. The molecule has 0 unspecified atom stereocenters. The molecule has 0 spiro atoms. The van der Waals surface area contributed by atoms with E-state index in [4.69, 9.17) is 9.41 Å². The average molecular weight is 454 g/mol. The van der Waals surface area contributed by atoms with Gasteiger partial charge in [-0.25, -0.2) is 4.99 Å². The number of benzene rings is 1. The van der Waals surface area contributed by atoms with Crippen molar-refractivity contribution in [1.29, 1.82) is 0 Å². The first kappa shape index (κ1) is 18.0. The fourth-order valence-electron chi connectivity index (χ4n) is 3.90. The molecule has 0 N–H and O–H groups in total. The van der Waals surface area contributed by atoms with Gasteiger partial charge in [0.15, 0.2) is 5.17 Å². The van der Waals surface area contributed by atoms with Crippen LogP contribution in [0, 0.1) is 6.92 Å². The van der Waals surface area contributed by atoms with Gasteiger partial charge >= 0.3 is 0 Å². The molecule has 28 heavy (non-hydrogen) atoms. The van der Waals surface area contributed by atoms with Crippen LogP contribution in [0.4, 0.5) is 0 Å². The largest absolute Gasteiger partial charge is 0.459 e. The predicted octanol–water partition coefficient (Wildman–Crippen LogP) is 6.00. The van der Waals surface area contributed by atoms with Gasteiger partial charge in [0, 0.05) is 28.0 Å². The van der Waals surface area contributed by atoms with Gasteiger partial charge in [-0.1, -0.05) is 46.7 Å². The summed E-state index contributed by atoms with van der Waals surface area (Å²) in [6.45, 7) is 5.31. The highest BCUT2D eigenvalue weighted by Crippen LogP contribution is 2.48. The zero-order valence-electron chi connectivity index (χ0n) is 15.7. The minimum absolute atomic E-state index is 0.0420. The first-order chi connectivity index (χ1) is 13.6. The second-order valence-electron chi connectivity index (χ2n) is 7.32. The standard InChI is InChI=1S/C22H20BrN3OS/c1-13-6-7-15(16(23)11-13)18-8-9-19(27-18)21-20(17-5-3-4-10-24-17)25-22-26(21)12-14(2)28-22/h3-11,14,20-21H,12H2,1-2H3/t14-,20+,21-/m1/s1. The summed E-state index contributed by atoms with van der Waals surface area (Å²) in [4.78, 5) is 12.0. The van der Waals surface area contributed by atoms with Gasteiger partial charge in [0.05, 0.1) is 5.69 Å². The van der Waals surface area contributed by atoms with E-state index in [-0.39, 0.29) is 12.1 Å². The third kappa shape index (κ3) is 3.08. The molecule has 0 saturated carbocycles. The number of fused-ring (bicyclic) bond motifs is 1. The summed E-state index contributed by atoms with van der Waals surface area (Å²) in [5.41, 5.74) is 3.26. The molecule has 2 aliphatic heterocycles. The van der Waals surface area contributed by atoms with E-state index in [1.807, 2.05) is 30.1 Å². The lowest BCUT2D eigenvalue weighted by Crippen LogP contribution is -2.28. The van der Waals surface area contributed by atoms with Gasteiger partial charge < -0.3 is 9.32 Å². The van der Waals surface area contributed by atoms with Crippen molar-refractivity contribution >= 4 is 32.9 Å². The van der Waals surface area contributed by atoms with Gasteiger partial charge in [0.1, 0.15) is 23.6 Å². The zero-order chi connectivity index (χ0) is 19.3. The molecule has 2 aliphatic rings. The molecule has 3 aromatic rings. The molecular formula is C22H20BrN3OS. The van der Waals surface area contributed by atoms with Crippen LogP contribution in [0.25, 0.3) is 11.3 Å². The molecule has 1 saturated heterocycles. The molecule has 0 amide bonds. The van der Waals surface area contributed by atoms with Crippen molar-refractivity contribution in [3.63, 3.8) is 0 Å². The number of aryl methyl sites for hydroxylation is 1. The summed E-state index contributed by atoms with van der Waals surface area (Å²) >= 11 is 5.51. The Balaban J connectivity index is 1.54. The summed E-state index contributed by atoms with van der Waals surface area (Å²) in [7, 11) is 0. The van der Waals surface area contributed by atoms with Crippen molar-refractivity contribution in [1.82, 2.24) is 9.88 Å². The van der Waals surface area contributed by atoms with Gasteiger partial charge in [-0.2, -0.15) is 0 Å². The lowest BCUT2D eigenvalue weighted by Gasteiger charge is -2.25. The Bertz CT molecular complexity index is 1050. The van der Waals surface area contributed by atoms with Gasteiger partial charge in [0.25, 0.3) is 0 Å². The van der Waals surface area contributed by atoms with E-state index in [0.29, 0.717) is 5.25 Å². The van der Waals surface area contributed by atoms with E-state index >= 15 is 0 Å². The summed E-state index contributed by atoms with van der Waals surface area (Å²) in [6, 6.07) is 16.5. The molecule has 0 aliphatic carbocycles. The van der Waals surface area contributed by atoms with Crippen molar-refractivity contribution in [2.45, 2.75) is 31.2 Å². The Morgan fingerprint density at radius 1 is 1.18 bits per heavy atom. The number of halogens is 1. The van der Waals surface area contributed by atoms with Crippen LogP contribution in [0.15, 0.2) is 68.6 Å². The quantitative estimate of drug-likeness (QED) is 0.487. The number of hydrogen-bond donors (Lipinski definition) is 0. The molecule has 2 aromatic heterocycles. The van der Waals surface area contributed by atoms with Crippen molar-refractivity contribution < 1.29 is 4.42 Å². The molecule has 1 aromatic carbocycles. The molecule has 142 valence electrons. The highest BCUT2D eigenvalue weighted by atomic mass is 79.9. The smallest absolute Gasteiger partial charge is 0.161 e. The number of thioether (sulfide) groups is 1. The molecule has 0 radical (unpaired) electrons. The Morgan fingerprint density at radius 2 is 2.07 bits per heavy atom. The van der Waals surface area contributed by atoms with Crippen LogP contribution in [0.1, 0.15) is 36.0 Å². The maximum Gasteiger partial charge on any atom is 0.161 e. The number of rotatable bonds is 3. The Labute approximate surface area is 177 Å². The topological polar surface area (TPSA) is 41.6 Å². The van der Waals surface area contributed by atoms with Gasteiger partial charge in [-0.05, 0) is 48.9 Å². The molecule has 4 heterocycles. The van der Waals surface area contributed by atoms with E-state index in [1.165, 1.54) is 5.56 Å². The van der Waals surface area contributed by atoms with Crippen molar-refractivity contribution in [2.75, 3.05) is 6.54 Å². The number of aliphatic imine (C=N–C) groups is 1. The van der Waals surface area contributed by atoms with Crippen LogP contribution >= 0.6 is 27.7 Å². The number of nitrogens with zero attached hydrogens (tertiary/aromatic N) is 3. The summed E-state index contributed by atoms with van der Waals surface area (Å²) < 4.78 is 7.43. The molecule has 4 nitrogen and oxygen atoms in total. The molecule has 6 heteroatoms. The monoisotopic (exact) mass is 453 g/mol. The summed E-state index contributed by atoms with van der Waals surface area (Å²) in [5.74, 6) is 1.81. The Hall–Kier alpha value is -2.05.